The van der Waals surface area contributed by atoms with Gasteiger partial charge in [0.1, 0.15) is 6.04 Å². The SMILES string of the molecule is CC(=O)NC(CS)C(=O)NC(C)c1ccccc1. The van der Waals surface area contributed by atoms with Crippen LogP contribution >= 0.6 is 12.6 Å². The number of rotatable bonds is 5. The van der Waals surface area contributed by atoms with Crippen molar-refractivity contribution in [3.8, 4) is 0 Å². The van der Waals surface area contributed by atoms with Crippen LogP contribution in [0.3, 0.4) is 0 Å². The molecular weight excluding hydrogens is 248 g/mol. The van der Waals surface area contributed by atoms with Gasteiger partial charge < -0.3 is 10.6 Å². The standard InChI is InChI=1S/C13H18N2O2S/c1-9(11-6-4-3-5-7-11)14-13(17)12(8-18)15-10(2)16/h3-7,9,12,18H,8H2,1-2H3,(H,14,17)(H,15,16). The second-order valence-electron chi connectivity index (χ2n) is 4.08. The highest BCUT2D eigenvalue weighted by Crippen LogP contribution is 2.11. The summed E-state index contributed by atoms with van der Waals surface area (Å²) in [6.45, 7) is 3.28. The van der Waals surface area contributed by atoms with E-state index in [2.05, 4.69) is 23.3 Å². The molecule has 0 aliphatic rings. The van der Waals surface area contributed by atoms with Crippen molar-refractivity contribution in [2.45, 2.75) is 25.9 Å². The van der Waals surface area contributed by atoms with Gasteiger partial charge in [0.05, 0.1) is 6.04 Å². The van der Waals surface area contributed by atoms with E-state index in [-0.39, 0.29) is 23.6 Å². The Bertz CT molecular complexity index is 409. The first-order valence-corrected chi connectivity index (χ1v) is 6.41. The molecule has 0 bridgehead atoms. The Hall–Kier alpha value is -1.49. The highest BCUT2D eigenvalue weighted by Gasteiger charge is 2.19. The molecule has 18 heavy (non-hydrogen) atoms. The van der Waals surface area contributed by atoms with Crippen molar-refractivity contribution in [1.82, 2.24) is 10.6 Å². The zero-order chi connectivity index (χ0) is 13.5. The lowest BCUT2D eigenvalue weighted by Crippen LogP contribution is -2.47. The van der Waals surface area contributed by atoms with E-state index in [1.54, 1.807) is 0 Å². The molecule has 0 radical (unpaired) electrons. The van der Waals surface area contributed by atoms with Crippen LogP contribution < -0.4 is 10.6 Å². The van der Waals surface area contributed by atoms with Crippen molar-refractivity contribution in [1.29, 1.82) is 0 Å². The van der Waals surface area contributed by atoms with Gasteiger partial charge in [-0.15, -0.1) is 0 Å². The highest BCUT2D eigenvalue weighted by molar-refractivity contribution is 7.80. The van der Waals surface area contributed by atoms with Crippen LogP contribution in [0.5, 0.6) is 0 Å². The monoisotopic (exact) mass is 266 g/mol. The highest BCUT2D eigenvalue weighted by atomic mass is 32.1. The molecule has 2 N–H and O–H groups in total. The molecule has 98 valence electrons. The van der Waals surface area contributed by atoms with E-state index >= 15 is 0 Å². The van der Waals surface area contributed by atoms with E-state index in [1.165, 1.54) is 6.92 Å². The molecule has 0 saturated carbocycles. The van der Waals surface area contributed by atoms with Gasteiger partial charge in [-0.25, -0.2) is 0 Å². The molecule has 2 amide bonds. The summed E-state index contributed by atoms with van der Waals surface area (Å²) in [5.74, 6) is -0.194. The topological polar surface area (TPSA) is 58.2 Å². The Kier molecular flexibility index (Phi) is 5.71. The summed E-state index contributed by atoms with van der Waals surface area (Å²) in [6.07, 6.45) is 0. The Morgan fingerprint density at radius 1 is 1.22 bits per heavy atom. The van der Waals surface area contributed by atoms with Crippen LogP contribution in [0, 0.1) is 0 Å². The molecule has 1 aromatic carbocycles. The fourth-order valence-electron chi connectivity index (χ4n) is 1.58. The van der Waals surface area contributed by atoms with Crippen LogP contribution in [0.4, 0.5) is 0 Å². The molecule has 2 unspecified atom stereocenters. The van der Waals surface area contributed by atoms with Crippen LogP contribution in [0.25, 0.3) is 0 Å². The third kappa shape index (κ3) is 4.41. The van der Waals surface area contributed by atoms with Crippen molar-refractivity contribution in [2.24, 2.45) is 0 Å². The van der Waals surface area contributed by atoms with E-state index < -0.39 is 6.04 Å². The maximum absolute atomic E-state index is 11.9. The number of carbonyl (C=O) groups is 2. The van der Waals surface area contributed by atoms with Crippen LogP contribution in [0.15, 0.2) is 30.3 Å². The van der Waals surface area contributed by atoms with Crippen LogP contribution in [0.1, 0.15) is 25.5 Å². The predicted octanol–water partition coefficient (Wildman–Crippen LogP) is 1.30. The minimum Gasteiger partial charge on any atom is -0.348 e. The number of amides is 2. The lowest BCUT2D eigenvalue weighted by Gasteiger charge is -2.19. The molecule has 5 heteroatoms. The average Bonchev–Trinajstić information content (AvgIpc) is 2.36. The van der Waals surface area contributed by atoms with Crippen LogP contribution in [-0.2, 0) is 9.59 Å². The number of carbonyl (C=O) groups excluding carboxylic acids is 2. The van der Waals surface area contributed by atoms with Gasteiger partial charge >= 0.3 is 0 Å². The molecule has 0 saturated heterocycles. The van der Waals surface area contributed by atoms with Gasteiger partial charge in [-0.1, -0.05) is 30.3 Å². The van der Waals surface area contributed by atoms with Gasteiger partial charge in [0, 0.05) is 12.7 Å². The predicted molar refractivity (Wildman–Crippen MR) is 74.5 cm³/mol. The number of hydrogen-bond donors (Lipinski definition) is 3. The minimum absolute atomic E-state index is 0.102. The van der Waals surface area contributed by atoms with E-state index in [9.17, 15) is 9.59 Å². The second-order valence-corrected chi connectivity index (χ2v) is 4.44. The van der Waals surface area contributed by atoms with E-state index in [0.29, 0.717) is 0 Å². The normalized spacial score (nSPS) is 13.5. The Morgan fingerprint density at radius 3 is 2.33 bits per heavy atom. The molecule has 0 aromatic heterocycles. The Morgan fingerprint density at radius 2 is 1.83 bits per heavy atom. The zero-order valence-corrected chi connectivity index (χ0v) is 11.4. The molecule has 0 aliphatic carbocycles. The lowest BCUT2D eigenvalue weighted by molar-refractivity contribution is -0.127. The summed E-state index contributed by atoms with van der Waals surface area (Å²) in [6, 6.07) is 8.94. The number of thiol groups is 1. The van der Waals surface area contributed by atoms with Crippen molar-refractivity contribution in [2.75, 3.05) is 5.75 Å². The van der Waals surface area contributed by atoms with Gasteiger partial charge in [-0.05, 0) is 12.5 Å². The number of benzene rings is 1. The Balaban J connectivity index is 2.60. The van der Waals surface area contributed by atoms with Gasteiger partial charge in [0.25, 0.3) is 0 Å². The minimum atomic E-state index is -0.600. The summed E-state index contributed by atoms with van der Waals surface area (Å²) in [7, 11) is 0. The third-order valence-corrected chi connectivity index (χ3v) is 2.90. The fourth-order valence-corrected chi connectivity index (χ4v) is 1.84. The Labute approximate surface area is 113 Å². The lowest BCUT2D eigenvalue weighted by atomic mass is 10.1. The van der Waals surface area contributed by atoms with Crippen molar-refractivity contribution < 1.29 is 9.59 Å². The molecule has 1 rings (SSSR count). The molecule has 0 spiro atoms. The summed E-state index contributed by atoms with van der Waals surface area (Å²) in [5.41, 5.74) is 1.02. The van der Waals surface area contributed by atoms with Gasteiger partial charge in [-0.3, -0.25) is 9.59 Å². The summed E-state index contributed by atoms with van der Waals surface area (Å²) >= 11 is 4.06. The molecule has 0 aliphatic heterocycles. The molecule has 2 atom stereocenters. The number of nitrogens with one attached hydrogen (secondary N) is 2. The molecule has 0 fully saturated rings. The van der Waals surface area contributed by atoms with Crippen LogP contribution in [0.2, 0.25) is 0 Å². The summed E-state index contributed by atoms with van der Waals surface area (Å²) in [5, 5.41) is 5.41. The molecular formula is C13H18N2O2S. The number of hydrogen-bond acceptors (Lipinski definition) is 3. The average molecular weight is 266 g/mol. The summed E-state index contributed by atoms with van der Waals surface area (Å²) < 4.78 is 0. The van der Waals surface area contributed by atoms with Gasteiger partial charge in [0.15, 0.2) is 0 Å². The smallest absolute Gasteiger partial charge is 0.243 e. The first-order chi connectivity index (χ1) is 8.54. The van der Waals surface area contributed by atoms with Crippen molar-refractivity contribution >= 4 is 24.4 Å². The zero-order valence-electron chi connectivity index (χ0n) is 10.5. The van der Waals surface area contributed by atoms with Gasteiger partial charge in [-0.2, -0.15) is 12.6 Å². The van der Waals surface area contributed by atoms with Gasteiger partial charge in [0.2, 0.25) is 11.8 Å². The molecule has 1 aromatic rings. The second kappa shape index (κ2) is 7.06. The largest absolute Gasteiger partial charge is 0.348 e. The fraction of sp³-hybridized carbons (Fsp3) is 0.385. The van der Waals surface area contributed by atoms with Crippen molar-refractivity contribution in [3.05, 3.63) is 35.9 Å². The quantitative estimate of drug-likeness (QED) is 0.704. The summed E-state index contributed by atoms with van der Waals surface area (Å²) in [4.78, 5) is 22.9. The first-order valence-electron chi connectivity index (χ1n) is 5.78. The van der Waals surface area contributed by atoms with Crippen molar-refractivity contribution in [3.63, 3.8) is 0 Å². The first kappa shape index (κ1) is 14.6. The maximum Gasteiger partial charge on any atom is 0.243 e. The molecule has 0 heterocycles. The third-order valence-electron chi connectivity index (χ3n) is 2.53. The van der Waals surface area contributed by atoms with E-state index in [4.69, 9.17) is 0 Å². The van der Waals surface area contributed by atoms with Crippen LogP contribution in [-0.4, -0.2) is 23.6 Å². The van der Waals surface area contributed by atoms with E-state index in [0.717, 1.165) is 5.56 Å². The van der Waals surface area contributed by atoms with E-state index in [1.807, 2.05) is 37.3 Å². The molecule has 4 nitrogen and oxygen atoms in total. The maximum atomic E-state index is 11.9.